The number of hydrogen-bond donors (Lipinski definition) is 1. The first-order valence-corrected chi connectivity index (χ1v) is 9.04. The van der Waals surface area contributed by atoms with E-state index >= 15 is 0 Å². The highest BCUT2D eigenvalue weighted by Crippen LogP contribution is 2.30. The van der Waals surface area contributed by atoms with Crippen LogP contribution in [0.4, 0.5) is 0 Å². The van der Waals surface area contributed by atoms with E-state index in [1.54, 1.807) is 11.3 Å². The Labute approximate surface area is 141 Å². The third-order valence-corrected chi connectivity index (χ3v) is 5.99. The van der Waals surface area contributed by atoms with Crippen LogP contribution in [0.25, 0.3) is 16.6 Å². The summed E-state index contributed by atoms with van der Waals surface area (Å²) < 4.78 is 1.25. The Kier molecular flexibility index (Phi) is 3.86. The normalized spacial score (nSPS) is 16.1. The third-order valence-electron chi connectivity index (χ3n) is 4.18. The molecule has 4 rings (SSSR count). The number of halogens is 1. The highest BCUT2D eigenvalue weighted by atomic mass is 79.9. The SMILES string of the molecule is Brc1sccc1CN1CC=C(c2c[nH]c3ncccc23)CC1. The van der Waals surface area contributed by atoms with Crippen molar-refractivity contribution in [2.45, 2.75) is 13.0 Å². The summed E-state index contributed by atoms with van der Waals surface area (Å²) in [6, 6.07) is 6.35. The fourth-order valence-corrected chi connectivity index (χ4v) is 4.21. The molecule has 0 aromatic carbocycles. The third kappa shape index (κ3) is 2.64. The maximum absolute atomic E-state index is 4.37. The molecule has 3 nitrogen and oxygen atoms in total. The highest BCUT2D eigenvalue weighted by molar-refractivity contribution is 9.11. The minimum Gasteiger partial charge on any atom is -0.346 e. The molecule has 1 aliphatic heterocycles. The van der Waals surface area contributed by atoms with Gasteiger partial charge in [0.25, 0.3) is 0 Å². The molecule has 0 fully saturated rings. The van der Waals surface area contributed by atoms with Crippen molar-refractivity contribution >= 4 is 43.9 Å². The van der Waals surface area contributed by atoms with Crippen LogP contribution < -0.4 is 0 Å². The van der Waals surface area contributed by atoms with Crippen LogP contribution in [0.15, 0.2) is 45.8 Å². The molecule has 112 valence electrons. The molecule has 3 aromatic rings. The van der Waals surface area contributed by atoms with Crippen molar-refractivity contribution in [3.8, 4) is 0 Å². The van der Waals surface area contributed by atoms with Crippen LogP contribution in [0.5, 0.6) is 0 Å². The average Bonchev–Trinajstić information content (AvgIpc) is 3.15. The first kappa shape index (κ1) is 14.2. The number of nitrogens with zero attached hydrogens (tertiary/aromatic N) is 2. The first-order chi connectivity index (χ1) is 10.8. The lowest BCUT2D eigenvalue weighted by atomic mass is 9.99. The summed E-state index contributed by atoms with van der Waals surface area (Å²) in [5.74, 6) is 0. The largest absolute Gasteiger partial charge is 0.346 e. The summed E-state index contributed by atoms with van der Waals surface area (Å²) in [6.07, 6.45) is 7.37. The fourth-order valence-electron chi connectivity index (χ4n) is 2.99. The highest BCUT2D eigenvalue weighted by Gasteiger charge is 2.16. The van der Waals surface area contributed by atoms with Crippen LogP contribution >= 0.6 is 27.3 Å². The second-order valence-electron chi connectivity index (χ2n) is 5.54. The summed E-state index contributed by atoms with van der Waals surface area (Å²) in [7, 11) is 0. The van der Waals surface area contributed by atoms with E-state index in [-0.39, 0.29) is 0 Å². The molecule has 1 aliphatic rings. The zero-order valence-electron chi connectivity index (χ0n) is 12.1. The van der Waals surface area contributed by atoms with Crippen molar-refractivity contribution in [3.63, 3.8) is 0 Å². The van der Waals surface area contributed by atoms with Crippen molar-refractivity contribution in [3.05, 3.63) is 57.0 Å². The van der Waals surface area contributed by atoms with E-state index in [0.717, 1.165) is 31.7 Å². The average molecular weight is 374 g/mol. The topological polar surface area (TPSA) is 31.9 Å². The number of hydrogen-bond acceptors (Lipinski definition) is 3. The molecule has 0 saturated heterocycles. The predicted octanol–water partition coefficient (Wildman–Crippen LogP) is 4.68. The Hall–Kier alpha value is -1.43. The Bertz CT molecular complexity index is 833. The monoisotopic (exact) mass is 373 g/mol. The molecule has 5 heteroatoms. The van der Waals surface area contributed by atoms with Gasteiger partial charge in [-0.15, -0.1) is 11.3 Å². The van der Waals surface area contributed by atoms with E-state index in [1.807, 2.05) is 12.3 Å². The Balaban J connectivity index is 1.53. The minimum absolute atomic E-state index is 0.975. The zero-order valence-corrected chi connectivity index (χ0v) is 14.5. The molecule has 0 spiro atoms. The van der Waals surface area contributed by atoms with Gasteiger partial charge in [0.05, 0.1) is 3.79 Å². The summed E-state index contributed by atoms with van der Waals surface area (Å²) in [4.78, 5) is 10.1. The van der Waals surface area contributed by atoms with Crippen LogP contribution in [0.3, 0.4) is 0 Å². The number of pyridine rings is 1. The second kappa shape index (κ2) is 5.99. The van der Waals surface area contributed by atoms with Crippen LogP contribution in [0.2, 0.25) is 0 Å². The molecule has 3 aromatic heterocycles. The number of thiophene rings is 1. The number of fused-ring (bicyclic) bond motifs is 1. The maximum Gasteiger partial charge on any atom is 0.137 e. The predicted molar refractivity (Wildman–Crippen MR) is 96.0 cm³/mol. The van der Waals surface area contributed by atoms with E-state index in [0.29, 0.717) is 0 Å². The second-order valence-corrected chi connectivity index (χ2v) is 7.77. The molecular formula is C17H16BrN3S. The number of rotatable bonds is 3. The van der Waals surface area contributed by atoms with Crippen molar-refractivity contribution in [2.75, 3.05) is 13.1 Å². The minimum atomic E-state index is 0.975. The van der Waals surface area contributed by atoms with Crippen molar-refractivity contribution in [2.24, 2.45) is 0 Å². The molecule has 0 bridgehead atoms. The molecule has 0 aliphatic carbocycles. The van der Waals surface area contributed by atoms with Crippen LogP contribution in [0, 0.1) is 0 Å². The molecule has 0 amide bonds. The van der Waals surface area contributed by atoms with Crippen molar-refractivity contribution in [1.82, 2.24) is 14.9 Å². The van der Waals surface area contributed by atoms with Crippen LogP contribution in [0.1, 0.15) is 17.5 Å². The van der Waals surface area contributed by atoms with Gasteiger partial charge in [-0.2, -0.15) is 0 Å². The number of nitrogens with one attached hydrogen (secondary N) is 1. The maximum atomic E-state index is 4.37. The standard InChI is InChI=1S/C17H16BrN3S/c18-16-13(5-9-22-16)11-21-7-3-12(4-8-21)15-10-20-17-14(15)2-1-6-19-17/h1-3,5-6,9-10H,4,7-8,11H2,(H,19,20). The van der Waals surface area contributed by atoms with Gasteiger partial charge in [-0.05, 0) is 57.1 Å². The van der Waals surface area contributed by atoms with Gasteiger partial charge in [-0.1, -0.05) is 6.08 Å². The Morgan fingerprint density at radius 3 is 3.09 bits per heavy atom. The fraction of sp³-hybridized carbons (Fsp3) is 0.235. The van der Waals surface area contributed by atoms with Gasteiger partial charge in [0.2, 0.25) is 0 Å². The van der Waals surface area contributed by atoms with Gasteiger partial charge in [0, 0.05) is 43.0 Å². The molecule has 22 heavy (non-hydrogen) atoms. The molecule has 0 radical (unpaired) electrons. The molecular weight excluding hydrogens is 358 g/mol. The van der Waals surface area contributed by atoms with Gasteiger partial charge in [-0.25, -0.2) is 4.98 Å². The number of aromatic nitrogens is 2. The van der Waals surface area contributed by atoms with Crippen LogP contribution in [-0.4, -0.2) is 28.0 Å². The van der Waals surface area contributed by atoms with Gasteiger partial charge >= 0.3 is 0 Å². The molecule has 4 heterocycles. The number of aromatic amines is 1. The molecule has 0 unspecified atom stereocenters. The van der Waals surface area contributed by atoms with Crippen molar-refractivity contribution in [1.29, 1.82) is 0 Å². The van der Waals surface area contributed by atoms with Gasteiger partial charge in [0.1, 0.15) is 5.65 Å². The van der Waals surface area contributed by atoms with Gasteiger partial charge in [0.15, 0.2) is 0 Å². The summed E-state index contributed by atoms with van der Waals surface area (Å²) >= 11 is 5.39. The van der Waals surface area contributed by atoms with Crippen molar-refractivity contribution < 1.29 is 0 Å². The zero-order chi connectivity index (χ0) is 14.9. The summed E-state index contributed by atoms with van der Waals surface area (Å²) in [6.45, 7) is 3.12. The lowest BCUT2D eigenvalue weighted by Gasteiger charge is -2.26. The van der Waals surface area contributed by atoms with Gasteiger partial charge < -0.3 is 4.98 Å². The quantitative estimate of drug-likeness (QED) is 0.722. The first-order valence-electron chi connectivity index (χ1n) is 7.37. The molecule has 1 N–H and O–H groups in total. The van der Waals surface area contributed by atoms with Crippen LogP contribution in [-0.2, 0) is 6.54 Å². The van der Waals surface area contributed by atoms with E-state index in [2.05, 4.69) is 60.6 Å². The molecule has 0 atom stereocenters. The van der Waals surface area contributed by atoms with E-state index < -0.39 is 0 Å². The summed E-state index contributed by atoms with van der Waals surface area (Å²) in [5.41, 5.74) is 5.10. The lowest BCUT2D eigenvalue weighted by Crippen LogP contribution is -2.27. The smallest absolute Gasteiger partial charge is 0.137 e. The lowest BCUT2D eigenvalue weighted by molar-refractivity contribution is 0.294. The van der Waals surface area contributed by atoms with E-state index in [4.69, 9.17) is 0 Å². The van der Waals surface area contributed by atoms with E-state index in [1.165, 1.54) is 25.9 Å². The molecule has 0 saturated carbocycles. The summed E-state index contributed by atoms with van der Waals surface area (Å²) in [5, 5.41) is 3.37. The van der Waals surface area contributed by atoms with E-state index in [9.17, 15) is 0 Å². The Morgan fingerprint density at radius 1 is 1.36 bits per heavy atom. The van der Waals surface area contributed by atoms with Gasteiger partial charge in [-0.3, -0.25) is 4.90 Å². The Morgan fingerprint density at radius 2 is 2.32 bits per heavy atom. The number of H-pyrrole nitrogens is 1.